The van der Waals surface area contributed by atoms with Gasteiger partial charge in [0.2, 0.25) is 0 Å². The molecule has 1 N–H and O–H groups in total. The molecule has 0 spiro atoms. The Balaban J connectivity index is 2.30. The number of aliphatic hydroxyl groups excluding tert-OH is 1. The van der Waals surface area contributed by atoms with Crippen molar-refractivity contribution in [1.82, 2.24) is 0 Å². The van der Waals surface area contributed by atoms with Gasteiger partial charge in [-0.3, -0.25) is 0 Å². The molecule has 20 heavy (non-hydrogen) atoms. The van der Waals surface area contributed by atoms with Crippen LogP contribution in [0.1, 0.15) is 25.0 Å². The first-order valence-electron chi connectivity index (χ1n) is 6.44. The van der Waals surface area contributed by atoms with Gasteiger partial charge in [-0.25, -0.2) is 0 Å². The van der Waals surface area contributed by atoms with E-state index in [0.717, 1.165) is 15.8 Å². The fourth-order valence-corrected chi connectivity index (χ4v) is 2.32. The van der Waals surface area contributed by atoms with Crippen molar-refractivity contribution in [3.63, 3.8) is 0 Å². The normalized spacial score (nSPS) is 12.0. The quantitative estimate of drug-likeness (QED) is 0.860. The van der Waals surface area contributed by atoms with Gasteiger partial charge in [0.15, 0.2) is 0 Å². The lowest BCUT2D eigenvalue weighted by molar-refractivity contribution is 0.170. The van der Waals surface area contributed by atoms with E-state index >= 15 is 0 Å². The van der Waals surface area contributed by atoms with E-state index in [-0.39, 0.29) is 0 Å². The molecule has 0 unspecified atom stereocenters. The monoisotopic (exact) mass is 336 g/mol. The summed E-state index contributed by atoms with van der Waals surface area (Å²) in [6.07, 6.45) is 0.118. The zero-order valence-electron chi connectivity index (χ0n) is 11.5. The molecule has 0 aliphatic heterocycles. The summed E-state index contributed by atoms with van der Waals surface area (Å²) < 4.78 is 11.9. The van der Waals surface area contributed by atoms with Gasteiger partial charge >= 0.3 is 0 Å². The van der Waals surface area contributed by atoms with Gasteiger partial charge in [0, 0.05) is 5.56 Å². The minimum absolute atomic E-state index is 0.525. The van der Waals surface area contributed by atoms with E-state index in [0.29, 0.717) is 17.9 Å². The summed E-state index contributed by atoms with van der Waals surface area (Å²) in [7, 11) is 1.62. The standard InChI is InChI=1S/C16H17BrO3/c1-3-14(18)12-6-4-5-7-15(12)20-16-9-8-11(19-2)10-13(16)17/h4-10,14,18H,3H2,1-2H3/t14-/m0/s1. The maximum Gasteiger partial charge on any atom is 0.141 e. The Morgan fingerprint density at radius 3 is 2.55 bits per heavy atom. The van der Waals surface area contributed by atoms with Crippen LogP contribution >= 0.6 is 15.9 Å². The highest BCUT2D eigenvalue weighted by Gasteiger charge is 2.13. The predicted molar refractivity (Wildman–Crippen MR) is 82.5 cm³/mol. The summed E-state index contributed by atoms with van der Waals surface area (Å²) in [6.45, 7) is 1.94. The number of methoxy groups -OCH3 is 1. The molecule has 0 amide bonds. The van der Waals surface area contributed by atoms with Gasteiger partial charge in [-0.1, -0.05) is 25.1 Å². The van der Waals surface area contributed by atoms with Gasteiger partial charge in [0.1, 0.15) is 17.2 Å². The largest absolute Gasteiger partial charge is 0.497 e. The lowest BCUT2D eigenvalue weighted by atomic mass is 10.1. The van der Waals surface area contributed by atoms with Crippen LogP contribution in [0.25, 0.3) is 0 Å². The Kier molecular flexibility index (Phi) is 5.04. The molecule has 106 valence electrons. The SMILES string of the molecule is CC[C@H](O)c1ccccc1Oc1ccc(OC)cc1Br. The van der Waals surface area contributed by atoms with Crippen LogP contribution in [0.15, 0.2) is 46.9 Å². The van der Waals surface area contributed by atoms with Crippen molar-refractivity contribution in [2.75, 3.05) is 7.11 Å². The Morgan fingerprint density at radius 2 is 1.90 bits per heavy atom. The van der Waals surface area contributed by atoms with Crippen molar-refractivity contribution in [2.24, 2.45) is 0 Å². The molecule has 0 saturated heterocycles. The molecule has 2 aromatic carbocycles. The highest BCUT2D eigenvalue weighted by Crippen LogP contribution is 2.36. The van der Waals surface area contributed by atoms with Crippen LogP contribution < -0.4 is 9.47 Å². The van der Waals surface area contributed by atoms with Crippen molar-refractivity contribution in [2.45, 2.75) is 19.4 Å². The van der Waals surface area contributed by atoms with E-state index in [2.05, 4.69) is 15.9 Å². The van der Waals surface area contributed by atoms with E-state index in [9.17, 15) is 5.11 Å². The van der Waals surface area contributed by atoms with Crippen LogP contribution in [0.2, 0.25) is 0 Å². The Bertz CT molecular complexity index is 584. The second-order valence-electron chi connectivity index (χ2n) is 4.36. The Hall–Kier alpha value is -1.52. The smallest absolute Gasteiger partial charge is 0.141 e. The number of ether oxygens (including phenoxy) is 2. The van der Waals surface area contributed by atoms with Gasteiger partial charge < -0.3 is 14.6 Å². The van der Waals surface area contributed by atoms with Crippen LogP contribution in [0.5, 0.6) is 17.2 Å². The molecule has 1 atom stereocenters. The minimum atomic E-state index is -0.525. The number of rotatable bonds is 5. The third kappa shape index (κ3) is 3.32. The van der Waals surface area contributed by atoms with Gasteiger partial charge in [0.25, 0.3) is 0 Å². The molecule has 3 nitrogen and oxygen atoms in total. The van der Waals surface area contributed by atoms with E-state index < -0.39 is 6.10 Å². The Morgan fingerprint density at radius 1 is 1.15 bits per heavy atom. The molecule has 0 bridgehead atoms. The summed E-state index contributed by atoms with van der Waals surface area (Å²) in [5.74, 6) is 2.10. The van der Waals surface area contributed by atoms with Crippen molar-refractivity contribution in [1.29, 1.82) is 0 Å². The van der Waals surface area contributed by atoms with Crippen LogP contribution in [0.4, 0.5) is 0 Å². The summed E-state index contributed by atoms with van der Waals surface area (Å²) in [5.41, 5.74) is 0.790. The molecule has 4 heteroatoms. The summed E-state index contributed by atoms with van der Waals surface area (Å²) in [6, 6.07) is 13.0. The summed E-state index contributed by atoms with van der Waals surface area (Å²) in [5, 5.41) is 10.0. The third-order valence-electron chi connectivity index (χ3n) is 3.02. The molecule has 0 saturated carbocycles. The highest BCUT2D eigenvalue weighted by atomic mass is 79.9. The van der Waals surface area contributed by atoms with Gasteiger partial charge in [-0.15, -0.1) is 0 Å². The number of benzene rings is 2. The average Bonchev–Trinajstić information content (AvgIpc) is 2.49. The average molecular weight is 337 g/mol. The lowest BCUT2D eigenvalue weighted by Crippen LogP contribution is -1.99. The minimum Gasteiger partial charge on any atom is -0.497 e. The van der Waals surface area contributed by atoms with Crippen LogP contribution in [-0.4, -0.2) is 12.2 Å². The van der Waals surface area contributed by atoms with Crippen molar-refractivity contribution in [3.05, 3.63) is 52.5 Å². The van der Waals surface area contributed by atoms with Crippen LogP contribution in [0, 0.1) is 0 Å². The second-order valence-corrected chi connectivity index (χ2v) is 5.21. The molecule has 2 aromatic rings. The zero-order valence-corrected chi connectivity index (χ0v) is 13.1. The molecular weight excluding hydrogens is 320 g/mol. The maximum atomic E-state index is 10.0. The van der Waals surface area contributed by atoms with E-state index in [1.165, 1.54) is 0 Å². The van der Waals surface area contributed by atoms with Crippen LogP contribution in [-0.2, 0) is 0 Å². The molecule has 0 heterocycles. The van der Waals surface area contributed by atoms with Crippen molar-refractivity contribution < 1.29 is 14.6 Å². The predicted octanol–water partition coefficient (Wildman–Crippen LogP) is 4.69. The number of hydrogen-bond acceptors (Lipinski definition) is 3. The van der Waals surface area contributed by atoms with Gasteiger partial charge in [-0.05, 0) is 46.6 Å². The van der Waals surface area contributed by atoms with E-state index in [4.69, 9.17) is 9.47 Å². The zero-order chi connectivity index (χ0) is 14.5. The van der Waals surface area contributed by atoms with E-state index in [1.54, 1.807) is 7.11 Å². The lowest BCUT2D eigenvalue weighted by Gasteiger charge is -2.15. The number of para-hydroxylation sites is 1. The maximum absolute atomic E-state index is 10.0. The van der Waals surface area contributed by atoms with E-state index in [1.807, 2.05) is 49.4 Å². The first-order valence-corrected chi connectivity index (χ1v) is 7.23. The Labute approximate surface area is 127 Å². The van der Waals surface area contributed by atoms with Crippen LogP contribution in [0.3, 0.4) is 0 Å². The molecule has 0 fully saturated rings. The number of halogens is 1. The fourth-order valence-electron chi connectivity index (χ4n) is 1.88. The highest BCUT2D eigenvalue weighted by molar-refractivity contribution is 9.10. The number of aliphatic hydroxyl groups is 1. The fraction of sp³-hybridized carbons (Fsp3) is 0.250. The third-order valence-corrected chi connectivity index (χ3v) is 3.64. The van der Waals surface area contributed by atoms with Crippen molar-refractivity contribution in [3.8, 4) is 17.2 Å². The summed E-state index contributed by atoms with van der Waals surface area (Å²) >= 11 is 3.46. The first kappa shape index (κ1) is 14.9. The molecule has 0 radical (unpaired) electrons. The first-order chi connectivity index (χ1) is 9.65. The second kappa shape index (κ2) is 6.77. The molecule has 2 rings (SSSR count). The molecule has 0 aromatic heterocycles. The molecule has 0 aliphatic carbocycles. The molecular formula is C16H17BrO3. The molecule has 0 aliphatic rings. The number of hydrogen-bond donors (Lipinski definition) is 1. The van der Waals surface area contributed by atoms with Crippen molar-refractivity contribution >= 4 is 15.9 Å². The summed E-state index contributed by atoms with van der Waals surface area (Å²) in [4.78, 5) is 0. The van der Waals surface area contributed by atoms with Gasteiger partial charge in [-0.2, -0.15) is 0 Å². The van der Waals surface area contributed by atoms with Gasteiger partial charge in [0.05, 0.1) is 17.7 Å². The topological polar surface area (TPSA) is 38.7 Å².